The molecule has 0 bridgehead atoms. The van der Waals surface area contributed by atoms with Gasteiger partial charge in [-0.05, 0) is 48.0 Å². The highest BCUT2D eigenvalue weighted by Gasteiger charge is 2.15. The van der Waals surface area contributed by atoms with Gasteiger partial charge < -0.3 is 9.84 Å². The number of ether oxygens (including phenoxy) is 1. The number of carboxylic acid groups (broad SMARTS) is 1. The van der Waals surface area contributed by atoms with Crippen LogP contribution in [0, 0.1) is 5.82 Å². The minimum atomic E-state index is -0.928. The predicted molar refractivity (Wildman–Crippen MR) is 101 cm³/mol. The van der Waals surface area contributed by atoms with Crippen molar-refractivity contribution in [1.82, 2.24) is 4.98 Å². The Kier molecular flexibility index (Phi) is 5.43. The third kappa shape index (κ3) is 4.34. The summed E-state index contributed by atoms with van der Waals surface area (Å²) >= 11 is 1.32. The minimum Gasteiger partial charge on any atom is -0.497 e. The third-order valence-corrected chi connectivity index (χ3v) is 4.70. The van der Waals surface area contributed by atoms with Crippen molar-refractivity contribution in [2.75, 3.05) is 7.11 Å². The van der Waals surface area contributed by atoms with Gasteiger partial charge in [-0.3, -0.25) is 4.79 Å². The molecule has 0 atom stereocenters. The molecule has 0 aliphatic heterocycles. The lowest BCUT2D eigenvalue weighted by Crippen LogP contribution is -1.99. The number of methoxy groups -OCH3 is 1. The van der Waals surface area contributed by atoms with Crippen molar-refractivity contribution >= 4 is 29.5 Å². The van der Waals surface area contributed by atoms with E-state index in [1.807, 2.05) is 36.4 Å². The normalized spacial score (nSPS) is 11.0. The smallest absolute Gasteiger partial charge is 0.308 e. The molecule has 0 aliphatic rings. The number of rotatable bonds is 6. The van der Waals surface area contributed by atoms with E-state index in [9.17, 15) is 9.18 Å². The van der Waals surface area contributed by atoms with E-state index in [2.05, 4.69) is 4.98 Å². The van der Waals surface area contributed by atoms with Crippen molar-refractivity contribution in [2.24, 2.45) is 0 Å². The van der Waals surface area contributed by atoms with Gasteiger partial charge in [0, 0.05) is 10.4 Å². The molecular weight excluding hydrogens is 353 g/mol. The average Bonchev–Trinajstić information content (AvgIpc) is 3.03. The Balaban J connectivity index is 1.90. The zero-order valence-electron chi connectivity index (χ0n) is 14.0. The summed E-state index contributed by atoms with van der Waals surface area (Å²) in [6, 6.07) is 13.4. The number of benzene rings is 2. The Bertz CT molecular complexity index is 931. The number of halogens is 1. The number of hydrogen-bond donors (Lipinski definition) is 1. The van der Waals surface area contributed by atoms with Crippen LogP contribution >= 0.6 is 11.3 Å². The molecule has 0 fully saturated rings. The number of aliphatic carboxylic acids is 1. The number of carboxylic acids is 1. The maximum Gasteiger partial charge on any atom is 0.308 e. The maximum absolute atomic E-state index is 13.1. The first-order valence-corrected chi connectivity index (χ1v) is 8.66. The maximum atomic E-state index is 13.1. The quantitative estimate of drug-likeness (QED) is 0.681. The van der Waals surface area contributed by atoms with Crippen LogP contribution in [0.2, 0.25) is 0 Å². The van der Waals surface area contributed by atoms with Gasteiger partial charge in [-0.1, -0.05) is 18.2 Å². The number of carbonyl (C=O) groups is 1. The van der Waals surface area contributed by atoms with Crippen LogP contribution in [0.25, 0.3) is 23.4 Å². The molecule has 0 unspecified atom stereocenters. The molecule has 1 N–H and O–H groups in total. The summed E-state index contributed by atoms with van der Waals surface area (Å²) in [4.78, 5) is 16.3. The van der Waals surface area contributed by atoms with Gasteiger partial charge in [-0.15, -0.1) is 11.3 Å². The van der Waals surface area contributed by atoms with Gasteiger partial charge in [0.05, 0.1) is 19.2 Å². The highest BCUT2D eigenvalue weighted by Crippen LogP contribution is 2.30. The van der Waals surface area contributed by atoms with Crippen LogP contribution in [-0.2, 0) is 11.2 Å². The zero-order chi connectivity index (χ0) is 18.5. The second-order valence-corrected chi connectivity index (χ2v) is 6.62. The lowest BCUT2D eigenvalue weighted by molar-refractivity contribution is -0.136. The van der Waals surface area contributed by atoms with Crippen molar-refractivity contribution in [2.45, 2.75) is 6.42 Å². The van der Waals surface area contributed by atoms with Gasteiger partial charge in [0.1, 0.15) is 16.6 Å². The highest BCUT2D eigenvalue weighted by molar-refractivity contribution is 7.13. The molecule has 2 aromatic carbocycles. The van der Waals surface area contributed by atoms with E-state index in [1.54, 1.807) is 19.2 Å². The minimum absolute atomic E-state index is 0.124. The molecule has 0 saturated heterocycles. The van der Waals surface area contributed by atoms with E-state index < -0.39 is 5.97 Å². The Labute approximate surface area is 154 Å². The molecule has 6 heteroatoms. The summed E-state index contributed by atoms with van der Waals surface area (Å²) in [5.41, 5.74) is 2.25. The first kappa shape index (κ1) is 17.8. The Hall–Kier alpha value is -2.99. The molecule has 0 saturated carbocycles. The van der Waals surface area contributed by atoms with Crippen LogP contribution in [0.1, 0.15) is 15.4 Å². The fraction of sp³-hybridized carbons (Fsp3) is 0.100. The van der Waals surface area contributed by atoms with E-state index in [1.165, 1.54) is 23.5 Å². The van der Waals surface area contributed by atoms with Crippen molar-refractivity contribution in [3.8, 4) is 17.0 Å². The largest absolute Gasteiger partial charge is 0.497 e. The first-order chi connectivity index (χ1) is 12.5. The van der Waals surface area contributed by atoms with Crippen LogP contribution in [0.5, 0.6) is 5.75 Å². The SMILES string of the molecule is COc1ccc(/C=C/c2nc(-c3ccc(F)cc3)c(CC(=O)O)s2)cc1. The summed E-state index contributed by atoms with van der Waals surface area (Å²) in [5, 5.41) is 9.83. The molecule has 1 aromatic heterocycles. The molecule has 1 heterocycles. The zero-order valence-corrected chi connectivity index (χ0v) is 14.8. The fourth-order valence-electron chi connectivity index (χ4n) is 2.41. The van der Waals surface area contributed by atoms with Crippen LogP contribution in [-0.4, -0.2) is 23.2 Å². The highest BCUT2D eigenvalue weighted by atomic mass is 32.1. The van der Waals surface area contributed by atoms with Gasteiger partial charge in [0.2, 0.25) is 0 Å². The van der Waals surface area contributed by atoms with Crippen molar-refractivity contribution in [1.29, 1.82) is 0 Å². The summed E-state index contributed by atoms with van der Waals surface area (Å²) < 4.78 is 18.3. The monoisotopic (exact) mass is 369 g/mol. The van der Waals surface area contributed by atoms with E-state index in [4.69, 9.17) is 9.84 Å². The molecule has 4 nitrogen and oxygen atoms in total. The Morgan fingerprint density at radius 2 is 1.85 bits per heavy atom. The Morgan fingerprint density at radius 1 is 1.15 bits per heavy atom. The van der Waals surface area contributed by atoms with Crippen molar-refractivity contribution < 1.29 is 19.0 Å². The second-order valence-electron chi connectivity index (χ2n) is 5.51. The topological polar surface area (TPSA) is 59.4 Å². The van der Waals surface area contributed by atoms with Gasteiger partial charge in [-0.2, -0.15) is 0 Å². The molecule has 26 heavy (non-hydrogen) atoms. The number of hydrogen-bond acceptors (Lipinski definition) is 4. The standard InChI is InChI=1S/C20H16FNO3S/c1-25-16-9-2-13(3-10-16)4-11-18-22-20(17(26-18)12-19(23)24)14-5-7-15(21)8-6-14/h2-11H,12H2,1H3,(H,23,24)/b11-4+. The molecule has 132 valence electrons. The first-order valence-electron chi connectivity index (χ1n) is 7.85. The summed E-state index contributed by atoms with van der Waals surface area (Å²) in [6.45, 7) is 0. The molecule has 0 spiro atoms. The van der Waals surface area contributed by atoms with Crippen LogP contribution in [0.15, 0.2) is 48.5 Å². The molecule has 3 aromatic rings. The summed E-state index contributed by atoms with van der Waals surface area (Å²) in [5.74, 6) is -0.496. The summed E-state index contributed by atoms with van der Waals surface area (Å²) in [6.07, 6.45) is 3.61. The van der Waals surface area contributed by atoms with E-state index in [-0.39, 0.29) is 12.2 Å². The van der Waals surface area contributed by atoms with Crippen LogP contribution < -0.4 is 4.74 Å². The fourth-order valence-corrected chi connectivity index (χ4v) is 3.40. The summed E-state index contributed by atoms with van der Waals surface area (Å²) in [7, 11) is 1.61. The van der Waals surface area contributed by atoms with Crippen molar-refractivity contribution in [3.05, 3.63) is 69.8 Å². The third-order valence-electron chi connectivity index (χ3n) is 3.68. The molecule has 0 aliphatic carbocycles. The van der Waals surface area contributed by atoms with E-state index >= 15 is 0 Å². The van der Waals surface area contributed by atoms with Crippen LogP contribution in [0.3, 0.4) is 0 Å². The number of nitrogens with zero attached hydrogens (tertiary/aromatic N) is 1. The molecule has 3 rings (SSSR count). The van der Waals surface area contributed by atoms with E-state index in [0.717, 1.165) is 11.3 Å². The van der Waals surface area contributed by atoms with Gasteiger partial charge in [-0.25, -0.2) is 9.37 Å². The van der Waals surface area contributed by atoms with Crippen molar-refractivity contribution in [3.63, 3.8) is 0 Å². The lowest BCUT2D eigenvalue weighted by atomic mass is 10.1. The van der Waals surface area contributed by atoms with E-state index in [0.29, 0.717) is 21.1 Å². The van der Waals surface area contributed by atoms with Crippen LogP contribution in [0.4, 0.5) is 4.39 Å². The van der Waals surface area contributed by atoms with Gasteiger partial charge in [0.25, 0.3) is 0 Å². The molecule has 0 amide bonds. The molecule has 0 radical (unpaired) electrons. The molecular formula is C20H16FNO3S. The Morgan fingerprint density at radius 3 is 2.46 bits per heavy atom. The van der Waals surface area contributed by atoms with Gasteiger partial charge >= 0.3 is 5.97 Å². The average molecular weight is 369 g/mol. The second kappa shape index (κ2) is 7.93. The predicted octanol–water partition coefficient (Wildman–Crippen LogP) is 4.76. The number of aromatic nitrogens is 1. The lowest BCUT2D eigenvalue weighted by Gasteiger charge is -2.00. The van der Waals surface area contributed by atoms with Gasteiger partial charge in [0.15, 0.2) is 0 Å². The number of thiazole rings is 1.